The Labute approximate surface area is 164 Å². The van der Waals surface area contributed by atoms with Gasteiger partial charge in [-0.25, -0.2) is 0 Å². The fourth-order valence-corrected chi connectivity index (χ4v) is 3.32. The second-order valence-corrected chi connectivity index (χ2v) is 6.41. The average Bonchev–Trinajstić information content (AvgIpc) is 3.12. The number of rotatable bonds is 5. The van der Waals surface area contributed by atoms with E-state index in [-0.39, 0.29) is 24.4 Å². The van der Waals surface area contributed by atoms with Crippen LogP contribution in [0.5, 0.6) is 11.5 Å². The quantitative estimate of drug-likeness (QED) is 0.699. The van der Waals surface area contributed by atoms with Crippen molar-refractivity contribution >= 4 is 18.3 Å². The smallest absolute Gasteiger partial charge is 0.268 e. The highest BCUT2D eigenvalue weighted by atomic mass is 35.5. The van der Waals surface area contributed by atoms with Crippen LogP contribution in [0.1, 0.15) is 23.0 Å². The van der Waals surface area contributed by atoms with Gasteiger partial charge in [0.05, 0.1) is 6.04 Å². The lowest BCUT2D eigenvalue weighted by Gasteiger charge is -2.25. The van der Waals surface area contributed by atoms with Crippen LogP contribution >= 0.6 is 12.4 Å². The van der Waals surface area contributed by atoms with Crippen molar-refractivity contribution in [3.63, 3.8) is 0 Å². The first-order valence-corrected chi connectivity index (χ1v) is 8.78. The Morgan fingerprint density at radius 3 is 2.59 bits per heavy atom. The molecule has 0 radical (unpaired) electrons. The maximum absolute atomic E-state index is 12.2. The molecule has 5 nitrogen and oxygen atoms in total. The van der Waals surface area contributed by atoms with Crippen LogP contribution in [-0.2, 0) is 0 Å². The molecule has 140 valence electrons. The summed E-state index contributed by atoms with van der Waals surface area (Å²) in [5.74, 6) is 1.52. The molecule has 3 N–H and O–H groups in total. The van der Waals surface area contributed by atoms with Crippen LogP contribution < -0.4 is 15.8 Å². The lowest BCUT2D eigenvalue weighted by molar-refractivity contribution is 0.0913. The van der Waals surface area contributed by atoms with Gasteiger partial charge in [-0.3, -0.25) is 4.79 Å². The molecule has 0 aliphatic carbocycles. The van der Waals surface area contributed by atoms with Crippen molar-refractivity contribution in [1.82, 2.24) is 9.88 Å². The van der Waals surface area contributed by atoms with Crippen LogP contribution in [0.4, 0.5) is 0 Å². The van der Waals surface area contributed by atoms with Gasteiger partial charge >= 0.3 is 0 Å². The van der Waals surface area contributed by atoms with E-state index in [2.05, 4.69) is 5.32 Å². The third-order valence-electron chi connectivity index (χ3n) is 4.62. The van der Waals surface area contributed by atoms with Crippen LogP contribution in [0.25, 0.3) is 11.1 Å². The van der Waals surface area contributed by atoms with Gasteiger partial charge in [-0.05, 0) is 48.9 Å². The third-order valence-corrected chi connectivity index (χ3v) is 4.62. The SMILES string of the molecule is Cl.NCCC1CNC(=O)c2cc(-c3cccc(Oc4ccccc4)c3)cn21. The number of hydrogen-bond acceptors (Lipinski definition) is 3. The standard InChI is InChI=1S/C21H21N3O2.ClH/c22-10-9-17-13-23-21(25)20-12-16(14-24(17)20)15-5-4-8-19(11-15)26-18-6-2-1-3-7-18;/h1-8,11-12,14,17H,9-10,13,22H2,(H,23,25);1H. The molecule has 2 aromatic carbocycles. The molecule has 0 saturated carbocycles. The zero-order chi connectivity index (χ0) is 17.9. The number of carbonyl (C=O) groups excluding carboxylic acids is 1. The summed E-state index contributed by atoms with van der Waals surface area (Å²) in [6.07, 6.45) is 2.87. The number of para-hydroxylation sites is 1. The number of aromatic nitrogens is 1. The Balaban J connectivity index is 0.00000210. The minimum absolute atomic E-state index is 0. The zero-order valence-electron chi connectivity index (χ0n) is 14.8. The first kappa shape index (κ1) is 19.0. The summed E-state index contributed by atoms with van der Waals surface area (Å²) in [4.78, 5) is 12.2. The number of ether oxygens (including phenoxy) is 1. The van der Waals surface area contributed by atoms with Gasteiger partial charge in [0.15, 0.2) is 0 Å². The molecule has 1 aliphatic rings. The summed E-state index contributed by atoms with van der Waals surface area (Å²) in [6, 6.07) is 19.7. The van der Waals surface area contributed by atoms with E-state index in [1.165, 1.54) is 0 Å². The third kappa shape index (κ3) is 3.99. The highest BCUT2D eigenvalue weighted by molar-refractivity contribution is 5.95. The summed E-state index contributed by atoms with van der Waals surface area (Å²) in [5, 5.41) is 2.94. The Bertz CT molecular complexity index is 924. The second-order valence-electron chi connectivity index (χ2n) is 6.41. The van der Waals surface area contributed by atoms with Gasteiger partial charge in [0.25, 0.3) is 5.91 Å². The van der Waals surface area contributed by atoms with Gasteiger partial charge in [0.2, 0.25) is 0 Å². The zero-order valence-corrected chi connectivity index (χ0v) is 15.6. The molecule has 2 heterocycles. The van der Waals surface area contributed by atoms with E-state index < -0.39 is 0 Å². The van der Waals surface area contributed by atoms with E-state index in [0.29, 0.717) is 18.8 Å². The molecule has 0 bridgehead atoms. The van der Waals surface area contributed by atoms with Gasteiger partial charge < -0.3 is 20.4 Å². The normalized spacial score (nSPS) is 15.4. The summed E-state index contributed by atoms with van der Waals surface area (Å²) >= 11 is 0. The maximum Gasteiger partial charge on any atom is 0.268 e. The van der Waals surface area contributed by atoms with Gasteiger partial charge in [-0.1, -0.05) is 30.3 Å². The van der Waals surface area contributed by atoms with Crippen LogP contribution in [0, 0.1) is 0 Å². The number of carbonyl (C=O) groups is 1. The molecule has 0 saturated heterocycles. The molecular weight excluding hydrogens is 362 g/mol. The van der Waals surface area contributed by atoms with Crippen molar-refractivity contribution in [3.8, 4) is 22.6 Å². The van der Waals surface area contributed by atoms with Crippen LogP contribution in [0.2, 0.25) is 0 Å². The molecule has 4 rings (SSSR count). The summed E-state index contributed by atoms with van der Waals surface area (Å²) in [6.45, 7) is 1.21. The molecule has 1 aromatic heterocycles. The minimum atomic E-state index is -0.0405. The maximum atomic E-state index is 12.2. The van der Waals surface area contributed by atoms with Crippen molar-refractivity contribution in [1.29, 1.82) is 0 Å². The highest BCUT2D eigenvalue weighted by Crippen LogP contribution is 2.31. The van der Waals surface area contributed by atoms with Crippen molar-refractivity contribution in [2.45, 2.75) is 12.5 Å². The Morgan fingerprint density at radius 2 is 1.81 bits per heavy atom. The number of nitrogens with zero attached hydrogens (tertiary/aromatic N) is 1. The van der Waals surface area contributed by atoms with E-state index in [1.807, 2.05) is 71.4 Å². The Kier molecular flexibility index (Phi) is 5.84. The molecule has 0 spiro atoms. The van der Waals surface area contributed by atoms with E-state index in [9.17, 15) is 4.79 Å². The van der Waals surface area contributed by atoms with Crippen molar-refractivity contribution in [2.75, 3.05) is 13.1 Å². The first-order chi connectivity index (χ1) is 12.7. The molecule has 0 fully saturated rings. The number of amides is 1. The molecule has 27 heavy (non-hydrogen) atoms. The summed E-state index contributed by atoms with van der Waals surface area (Å²) < 4.78 is 7.97. The monoisotopic (exact) mass is 383 g/mol. The summed E-state index contributed by atoms with van der Waals surface area (Å²) in [7, 11) is 0. The van der Waals surface area contributed by atoms with E-state index >= 15 is 0 Å². The Morgan fingerprint density at radius 1 is 1.04 bits per heavy atom. The number of fused-ring (bicyclic) bond motifs is 1. The van der Waals surface area contributed by atoms with Crippen LogP contribution in [-0.4, -0.2) is 23.6 Å². The molecule has 1 unspecified atom stereocenters. The first-order valence-electron chi connectivity index (χ1n) is 8.78. The van der Waals surface area contributed by atoms with E-state index in [1.54, 1.807) is 0 Å². The average molecular weight is 384 g/mol. The van der Waals surface area contributed by atoms with E-state index in [4.69, 9.17) is 10.5 Å². The van der Waals surface area contributed by atoms with Gasteiger partial charge in [0.1, 0.15) is 17.2 Å². The number of nitrogens with two attached hydrogens (primary N) is 1. The van der Waals surface area contributed by atoms with Crippen molar-refractivity contribution in [2.24, 2.45) is 5.73 Å². The molecule has 3 aromatic rings. The lowest BCUT2D eigenvalue weighted by Crippen LogP contribution is -2.39. The van der Waals surface area contributed by atoms with Gasteiger partial charge in [-0.2, -0.15) is 0 Å². The van der Waals surface area contributed by atoms with Crippen LogP contribution in [0.15, 0.2) is 66.9 Å². The molecule has 1 amide bonds. The molecular formula is C21H22ClN3O2. The number of halogens is 1. The number of benzene rings is 2. The van der Waals surface area contributed by atoms with Gasteiger partial charge in [-0.15, -0.1) is 12.4 Å². The van der Waals surface area contributed by atoms with Crippen LogP contribution in [0.3, 0.4) is 0 Å². The minimum Gasteiger partial charge on any atom is -0.457 e. The highest BCUT2D eigenvalue weighted by Gasteiger charge is 2.25. The number of nitrogens with one attached hydrogen (secondary N) is 1. The molecule has 1 aliphatic heterocycles. The van der Waals surface area contributed by atoms with Crippen molar-refractivity contribution < 1.29 is 9.53 Å². The predicted molar refractivity (Wildman–Crippen MR) is 109 cm³/mol. The fourth-order valence-electron chi connectivity index (χ4n) is 3.32. The molecule has 1 atom stereocenters. The second kappa shape index (κ2) is 8.29. The fraction of sp³-hybridized carbons (Fsp3) is 0.190. The molecule has 6 heteroatoms. The topological polar surface area (TPSA) is 69.3 Å². The van der Waals surface area contributed by atoms with Gasteiger partial charge in [0, 0.05) is 18.3 Å². The Hall–Kier alpha value is -2.76. The largest absolute Gasteiger partial charge is 0.457 e. The summed E-state index contributed by atoms with van der Waals surface area (Å²) in [5.41, 5.74) is 8.41. The lowest BCUT2D eigenvalue weighted by atomic mass is 10.1. The number of hydrogen-bond donors (Lipinski definition) is 2. The predicted octanol–water partition coefficient (Wildman–Crippen LogP) is 4.00. The van der Waals surface area contributed by atoms with E-state index in [0.717, 1.165) is 29.0 Å². The van der Waals surface area contributed by atoms with Crippen molar-refractivity contribution in [3.05, 3.63) is 72.6 Å².